The molecule has 33 heavy (non-hydrogen) atoms. The minimum absolute atomic E-state index is 0.0107. The zero-order valence-corrected chi connectivity index (χ0v) is 19.9. The van der Waals surface area contributed by atoms with E-state index in [1.165, 1.54) is 29.6 Å². The maximum absolute atomic E-state index is 15.1. The maximum Gasteiger partial charge on any atom is 0.243 e. The van der Waals surface area contributed by atoms with E-state index in [1.54, 1.807) is 30.0 Å². The molecule has 7 nitrogen and oxygen atoms in total. The second-order valence-corrected chi connectivity index (χ2v) is 10.5. The fraction of sp³-hybridized carbons (Fsp3) is 0.458. The number of methoxy groups -OCH3 is 1. The molecule has 0 N–H and O–H groups in total. The number of carbonyl (C=O) groups excluding carboxylic acids is 1. The van der Waals surface area contributed by atoms with Gasteiger partial charge in [-0.2, -0.15) is 4.31 Å². The molecule has 1 saturated carbocycles. The minimum Gasteiger partial charge on any atom is -0.497 e. The van der Waals surface area contributed by atoms with Gasteiger partial charge in [-0.25, -0.2) is 12.8 Å². The van der Waals surface area contributed by atoms with Gasteiger partial charge in [0.1, 0.15) is 11.6 Å². The molecule has 2 fully saturated rings. The van der Waals surface area contributed by atoms with Crippen molar-refractivity contribution in [2.24, 2.45) is 0 Å². The van der Waals surface area contributed by atoms with Crippen molar-refractivity contribution >= 4 is 21.6 Å². The van der Waals surface area contributed by atoms with Gasteiger partial charge in [-0.15, -0.1) is 0 Å². The summed E-state index contributed by atoms with van der Waals surface area (Å²) in [6.07, 6.45) is 2.51. The van der Waals surface area contributed by atoms with Crippen molar-refractivity contribution in [3.05, 3.63) is 53.8 Å². The smallest absolute Gasteiger partial charge is 0.243 e. The summed E-state index contributed by atoms with van der Waals surface area (Å²) in [7, 11) is -2.26. The molecule has 2 aromatic carbocycles. The summed E-state index contributed by atoms with van der Waals surface area (Å²) in [5.74, 6) is 0.205. The van der Waals surface area contributed by atoms with Crippen LogP contribution in [0.5, 0.6) is 5.75 Å². The van der Waals surface area contributed by atoms with Crippen LogP contribution >= 0.6 is 0 Å². The van der Waals surface area contributed by atoms with Gasteiger partial charge in [0.2, 0.25) is 15.9 Å². The number of anilines is 1. The third-order valence-electron chi connectivity index (χ3n) is 6.60. The van der Waals surface area contributed by atoms with Crippen molar-refractivity contribution in [1.82, 2.24) is 9.21 Å². The summed E-state index contributed by atoms with van der Waals surface area (Å²) >= 11 is 0. The van der Waals surface area contributed by atoms with Crippen LogP contribution in [0.4, 0.5) is 10.1 Å². The molecule has 4 rings (SSSR count). The van der Waals surface area contributed by atoms with Crippen molar-refractivity contribution < 1.29 is 22.3 Å². The molecule has 0 unspecified atom stereocenters. The quantitative estimate of drug-likeness (QED) is 0.615. The molecule has 0 spiro atoms. The molecule has 2 aliphatic rings. The number of rotatable bonds is 7. The summed E-state index contributed by atoms with van der Waals surface area (Å²) in [6, 6.07) is 11.1. The Hall–Kier alpha value is -2.65. The van der Waals surface area contributed by atoms with E-state index in [0.717, 1.165) is 24.9 Å². The van der Waals surface area contributed by atoms with Gasteiger partial charge in [-0.05, 0) is 49.2 Å². The molecule has 178 valence electrons. The Kier molecular flexibility index (Phi) is 6.90. The van der Waals surface area contributed by atoms with E-state index in [4.69, 9.17) is 4.74 Å². The third-order valence-corrected chi connectivity index (χ3v) is 8.51. The number of halogens is 1. The van der Waals surface area contributed by atoms with E-state index in [2.05, 4.69) is 0 Å². The minimum atomic E-state index is -3.78. The van der Waals surface area contributed by atoms with Crippen molar-refractivity contribution in [2.75, 3.05) is 38.2 Å². The molecule has 1 aliphatic heterocycles. The van der Waals surface area contributed by atoms with Gasteiger partial charge in [0.25, 0.3) is 0 Å². The maximum atomic E-state index is 15.1. The standard InChI is InChI=1S/C24H30FN3O4S/c1-18(29)26-12-14-27(15-13-26)21-7-6-19(24(25)16-21)17-28(20-4-3-5-20)33(30,31)23-10-8-22(32-2)9-11-23/h6-11,16,20H,3-5,12-15,17H2,1-2H3. The zero-order valence-electron chi connectivity index (χ0n) is 19.0. The second-order valence-electron chi connectivity index (χ2n) is 8.58. The lowest BCUT2D eigenvalue weighted by molar-refractivity contribution is -0.129. The largest absolute Gasteiger partial charge is 0.497 e. The molecule has 1 amide bonds. The SMILES string of the molecule is COc1ccc(S(=O)(=O)N(Cc2ccc(N3CCN(C(C)=O)CC3)cc2F)C2CCC2)cc1. The Bertz CT molecular complexity index is 1100. The van der Waals surface area contributed by atoms with E-state index in [1.807, 2.05) is 11.0 Å². The summed E-state index contributed by atoms with van der Waals surface area (Å²) in [5.41, 5.74) is 1.10. The van der Waals surface area contributed by atoms with Crippen LogP contribution in [-0.2, 0) is 21.4 Å². The highest BCUT2D eigenvalue weighted by Gasteiger charge is 2.35. The zero-order chi connectivity index (χ0) is 23.6. The Morgan fingerprint density at radius 2 is 1.76 bits per heavy atom. The monoisotopic (exact) mass is 475 g/mol. The number of hydrogen-bond acceptors (Lipinski definition) is 5. The number of carbonyl (C=O) groups is 1. The highest BCUT2D eigenvalue weighted by molar-refractivity contribution is 7.89. The predicted octanol–water partition coefficient (Wildman–Crippen LogP) is 3.25. The van der Waals surface area contributed by atoms with Crippen LogP contribution in [0.2, 0.25) is 0 Å². The molecule has 1 aliphatic carbocycles. The van der Waals surface area contributed by atoms with Gasteiger partial charge in [0.05, 0.1) is 12.0 Å². The Morgan fingerprint density at radius 3 is 2.27 bits per heavy atom. The molecule has 0 atom stereocenters. The highest BCUT2D eigenvalue weighted by atomic mass is 32.2. The lowest BCUT2D eigenvalue weighted by atomic mass is 9.93. The van der Waals surface area contributed by atoms with Crippen molar-refractivity contribution in [1.29, 1.82) is 0 Å². The summed E-state index contributed by atoms with van der Waals surface area (Å²) < 4.78 is 48.5. The first-order chi connectivity index (χ1) is 15.8. The fourth-order valence-electron chi connectivity index (χ4n) is 4.28. The van der Waals surface area contributed by atoms with Crippen LogP contribution < -0.4 is 9.64 Å². The van der Waals surface area contributed by atoms with Gasteiger partial charge >= 0.3 is 0 Å². The van der Waals surface area contributed by atoms with E-state index in [0.29, 0.717) is 37.5 Å². The highest BCUT2D eigenvalue weighted by Crippen LogP contribution is 2.33. The first kappa shape index (κ1) is 23.5. The van der Waals surface area contributed by atoms with E-state index in [-0.39, 0.29) is 23.4 Å². The molecule has 1 heterocycles. The normalized spacial score (nSPS) is 17.2. The third kappa shape index (κ3) is 4.99. The molecule has 9 heteroatoms. The Labute approximate surface area is 194 Å². The van der Waals surface area contributed by atoms with Gasteiger partial charge in [-0.1, -0.05) is 12.5 Å². The van der Waals surface area contributed by atoms with Crippen LogP contribution in [-0.4, -0.2) is 62.9 Å². The van der Waals surface area contributed by atoms with Gasteiger partial charge < -0.3 is 14.5 Å². The lowest BCUT2D eigenvalue weighted by Crippen LogP contribution is -2.48. The molecular weight excluding hydrogens is 445 g/mol. The van der Waals surface area contributed by atoms with Crippen LogP contribution in [0.15, 0.2) is 47.4 Å². The number of hydrogen-bond donors (Lipinski definition) is 0. The summed E-state index contributed by atoms with van der Waals surface area (Å²) in [6.45, 7) is 4.03. The van der Waals surface area contributed by atoms with Crippen LogP contribution in [0.25, 0.3) is 0 Å². The molecule has 2 aromatic rings. The number of nitrogens with zero attached hydrogens (tertiary/aromatic N) is 3. The number of piperazine rings is 1. The van der Waals surface area contributed by atoms with Gasteiger partial charge in [0.15, 0.2) is 0 Å². The van der Waals surface area contributed by atoms with E-state index in [9.17, 15) is 13.2 Å². The van der Waals surface area contributed by atoms with Crippen LogP contribution in [0.1, 0.15) is 31.7 Å². The number of amides is 1. The summed E-state index contributed by atoms with van der Waals surface area (Å²) in [5, 5.41) is 0. The second kappa shape index (κ2) is 9.69. The molecular formula is C24H30FN3O4S. The average Bonchev–Trinajstić information content (AvgIpc) is 2.78. The number of ether oxygens (including phenoxy) is 1. The van der Waals surface area contributed by atoms with Crippen LogP contribution in [0.3, 0.4) is 0 Å². The van der Waals surface area contributed by atoms with Gasteiger partial charge in [0, 0.05) is 56.9 Å². The topological polar surface area (TPSA) is 70.2 Å². The first-order valence-corrected chi connectivity index (χ1v) is 12.7. The Morgan fingerprint density at radius 1 is 1.09 bits per heavy atom. The van der Waals surface area contributed by atoms with Gasteiger partial charge in [-0.3, -0.25) is 4.79 Å². The van der Waals surface area contributed by atoms with Crippen molar-refractivity contribution in [3.8, 4) is 5.75 Å². The lowest BCUT2D eigenvalue weighted by Gasteiger charge is -2.37. The average molecular weight is 476 g/mol. The molecule has 0 radical (unpaired) electrons. The summed E-state index contributed by atoms with van der Waals surface area (Å²) in [4.78, 5) is 15.5. The molecule has 0 aromatic heterocycles. The van der Waals surface area contributed by atoms with E-state index >= 15 is 4.39 Å². The molecule has 1 saturated heterocycles. The van der Waals surface area contributed by atoms with Crippen molar-refractivity contribution in [2.45, 2.75) is 43.7 Å². The number of benzene rings is 2. The molecule has 0 bridgehead atoms. The van der Waals surface area contributed by atoms with Crippen LogP contribution in [0, 0.1) is 5.82 Å². The number of sulfonamides is 1. The van der Waals surface area contributed by atoms with E-state index < -0.39 is 15.8 Å². The predicted molar refractivity (Wildman–Crippen MR) is 124 cm³/mol. The first-order valence-electron chi connectivity index (χ1n) is 11.2. The van der Waals surface area contributed by atoms with Crippen molar-refractivity contribution in [3.63, 3.8) is 0 Å². The Balaban J connectivity index is 1.53. The fourth-order valence-corrected chi connectivity index (χ4v) is 5.94.